The van der Waals surface area contributed by atoms with Crippen molar-refractivity contribution in [3.8, 4) is 5.75 Å². The Kier molecular flexibility index (Phi) is 4.24. The summed E-state index contributed by atoms with van der Waals surface area (Å²) in [4.78, 5) is 24.0. The topological polar surface area (TPSA) is 76.0 Å². The first kappa shape index (κ1) is 16.5. The van der Waals surface area contributed by atoms with Crippen molar-refractivity contribution < 1.29 is 23.7 Å². The second kappa shape index (κ2) is 5.92. The normalized spacial score (nSPS) is 29.4. The summed E-state index contributed by atoms with van der Waals surface area (Å²) in [7, 11) is 1.43. The molecule has 0 amide bonds. The highest BCUT2D eigenvalue weighted by Crippen LogP contribution is 2.49. The lowest BCUT2D eigenvalue weighted by molar-refractivity contribution is -0.249. The third-order valence-corrected chi connectivity index (χ3v) is 5.00. The lowest BCUT2D eigenvalue weighted by Gasteiger charge is -2.49. The summed E-state index contributed by atoms with van der Waals surface area (Å²) < 4.78 is 24.3. The number of nitrogens with zero attached hydrogens (tertiary/aromatic N) is 1. The predicted molar refractivity (Wildman–Crippen MR) is 83.3 cm³/mol. The molecule has 1 aromatic heterocycles. The van der Waals surface area contributed by atoms with Crippen LogP contribution < -0.4 is 10.2 Å². The van der Waals surface area contributed by atoms with Gasteiger partial charge in [0.1, 0.15) is 12.5 Å². The molecule has 1 saturated heterocycles. The first-order valence-corrected chi connectivity index (χ1v) is 8.01. The van der Waals surface area contributed by atoms with E-state index in [9.17, 15) is 9.59 Å². The third-order valence-electron chi connectivity index (χ3n) is 4.43. The van der Waals surface area contributed by atoms with Gasteiger partial charge in [-0.1, -0.05) is 6.92 Å². The Morgan fingerprint density at radius 1 is 1.52 bits per heavy atom. The molecule has 2 aliphatic rings. The van der Waals surface area contributed by atoms with Crippen molar-refractivity contribution in [3.05, 3.63) is 26.6 Å². The molecule has 0 bridgehead atoms. The molecule has 126 valence electrons. The zero-order valence-electron chi connectivity index (χ0n) is 13.1. The van der Waals surface area contributed by atoms with Crippen molar-refractivity contribution in [2.45, 2.75) is 32.6 Å². The third kappa shape index (κ3) is 2.58. The lowest BCUT2D eigenvalue weighted by Crippen LogP contribution is -2.54. The quantitative estimate of drug-likeness (QED) is 0.717. The molecule has 3 heterocycles. The van der Waals surface area contributed by atoms with Gasteiger partial charge in [0.25, 0.3) is 0 Å². The Labute approximate surface area is 141 Å². The van der Waals surface area contributed by atoms with Crippen LogP contribution in [0.3, 0.4) is 0 Å². The molecule has 1 fully saturated rings. The van der Waals surface area contributed by atoms with Crippen molar-refractivity contribution in [1.29, 1.82) is 0 Å². The first-order valence-electron chi connectivity index (χ1n) is 7.22. The Morgan fingerprint density at radius 2 is 2.26 bits per heavy atom. The largest absolute Gasteiger partial charge is 0.491 e. The molecule has 3 unspecified atom stereocenters. The maximum Gasteiger partial charge on any atom is 0.303 e. The van der Waals surface area contributed by atoms with Gasteiger partial charge in [-0.25, -0.2) is 0 Å². The summed E-state index contributed by atoms with van der Waals surface area (Å²) in [6.45, 7) is 4.34. The van der Waals surface area contributed by atoms with Crippen LogP contribution in [0.4, 0.5) is 0 Å². The van der Waals surface area contributed by atoms with Gasteiger partial charge in [-0.05, 0) is 15.9 Å². The van der Waals surface area contributed by atoms with Crippen molar-refractivity contribution >= 4 is 21.9 Å². The highest BCUT2D eigenvalue weighted by Gasteiger charge is 2.53. The average molecular weight is 388 g/mol. The molecular weight excluding hydrogens is 370 g/mol. The number of hydrogen-bond donors (Lipinski definition) is 0. The Balaban J connectivity index is 2.23. The maximum absolute atomic E-state index is 12.4. The summed E-state index contributed by atoms with van der Waals surface area (Å²) in [5, 5.41) is 0. The number of halogens is 1. The number of pyridine rings is 1. The van der Waals surface area contributed by atoms with E-state index in [2.05, 4.69) is 15.9 Å². The van der Waals surface area contributed by atoms with Crippen LogP contribution in [-0.2, 0) is 25.5 Å². The zero-order valence-corrected chi connectivity index (χ0v) is 14.7. The maximum atomic E-state index is 12.4. The summed E-state index contributed by atoms with van der Waals surface area (Å²) in [6, 6.07) is 0. The number of carbonyl (C=O) groups excluding carboxylic acids is 1. The fourth-order valence-electron chi connectivity index (χ4n) is 3.27. The van der Waals surface area contributed by atoms with Crippen LogP contribution in [-0.4, -0.2) is 37.1 Å². The van der Waals surface area contributed by atoms with E-state index in [0.717, 1.165) is 0 Å². The van der Waals surface area contributed by atoms with E-state index >= 15 is 0 Å². The monoisotopic (exact) mass is 387 g/mol. The van der Waals surface area contributed by atoms with Gasteiger partial charge in [-0.15, -0.1) is 0 Å². The van der Waals surface area contributed by atoms with E-state index in [1.54, 1.807) is 6.20 Å². The van der Waals surface area contributed by atoms with Crippen LogP contribution in [0.15, 0.2) is 15.5 Å². The number of ether oxygens (including phenoxy) is 4. The van der Waals surface area contributed by atoms with Gasteiger partial charge in [0.15, 0.2) is 11.9 Å². The predicted octanol–water partition coefficient (Wildman–Crippen LogP) is 1.62. The molecule has 3 rings (SSSR count). The number of rotatable bonds is 2. The molecule has 23 heavy (non-hydrogen) atoms. The van der Waals surface area contributed by atoms with Gasteiger partial charge >= 0.3 is 5.97 Å². The number of esters is 1. The number of methoxy groups -OCH3 is 1. The lowest BCUT2D eigenvalue weighted by atomic mass is 9.74. The number of aromatic nitrogens is 1. The number of fused-ring (bicyclic) bond motifs is 2. The Bertz CT molecular complexity index is 702. The second-order valence-electron chi connectivity index (χ2n) is 5.99. The van der Waals surface area contributed by atoms with E-state index in [0.29, 0.717) is 23.3 Å². The minimum absolute atomic E-state index is 0.163. The minimum Gasteiger partial charge on any atom is -0.491 e. The summed E-state index contributed by atoms with van der Waals surface area (Å²) in [5.41, 5.74) is -0.350. The molecule has 0 saturated carbocycles. The summed E-state index contributed by atoms with van der Waals surface area (Å²) in [5.74, 6) is -0.276. The molecule has 0 aromatic carbocycles. The van der Waals surface area contributed by atoms with Crippen molar-refractivity contribution in [1.82, 2.24) is 4.57 Å². The number of carbonyl (C=O) groups is 1. The first-order chi connectivity index (χ1) is 10.9. The van der Waals surface area contributed by atoms with E-state index in [1.807, 2.05) is 11.5 Å². The molecule has 0 aliphatic carbocycles. The Morgan fingerprint density at radius 3 is 2.91 bits per heavy atom. The molecule has 1 aromatic rings. The van der Waals surface area contributed by atoms with Gasteiger partial charge in [-0.3, -0.25) is 9.59 Å². The molecule has 3 atom stereocenters. The van der Waals surface area contributed by atoms with Gasteiger partial charge in [0.2, 0.25) is 5.43 Å². The average Bonchev–Trinajstić information content (AvgIpc) is 2.49. The standard InChI is InChI=1S/C15H18BrNO6/c1-8(18)23-14-11-13(20-3)12(19)9(16)4-17(11)5-10-15(14,2)6-21-7-22-10/h4,10,14H,5-7H2,1-3H3. The fourth-order valence-corrected chi connectivity index (χ4v) is 3.69. The van der Waals surface area contributed by atoms with Crippen LogP contribution in [0.1, 0.15) is 25.6 Å². The van der Waals surface area contributed by atoms with Crippen LogP contribution in [0.5, 0.6) is 5.75 Å². The zero-order chi connectivity index (χ0) is 16.8. The van der Waals surface area contributed by atoms with Crippen molar-refractivity contribution in [2.24, 2.45) is 5.41 Å². The van der Waals surface area contributed by atoms with Crippen molar-refractivity contribution in [3.63, 3.8) is 0 Å². The molecule has 0 radical (unpaired) electrons. The van der Waals surface area contributed by atoms with Gasteiger partial charge in [0, 0.05) is 19.7 Å². The SMILES string of the molecule is COc1c2n(cc(Br)c1=O)CC1OCOCC1(C)C2OC(C)=O. The van der Waals surface area contributed by atoms with E-state index < -0.39 is 17.5 Å². The van der Waals surface area contributed by atoms with E-state index in [-0.39, 0.29) is 24.1 Å². The second-order valence-corrected chi connectivity index (χ2v) is 6.85. The highest BCUT2D eigenvalue weighted by atomic mass is 79.9. The molecular formula is C15H18BrNO6. The highest BCUT2D eigenvalue weighted by molar-refractivity contribution is 9.10. The molecule has 0 N–H and O–H groups in total. The molecule has 7 nitrogen and oxygen atoms in total. The summed E-state index contributed by atoms with van der Waals surface area (Å²) >= 11 is 3.25. The van der Waals surface area contributed by atoms with Gasteiger partial charge in [0.05, 0.1) is 29.7 Å². The van der Waals surface area contributed by atoms with E-state index in [1.165, 1.54) is 14.0 Å². The Hall–Kier alpha value is -1.38. The van der Waals surface area contributed by atoms with Crippen LogP contribution in [0, 0.1) is 5.41 Å². The van der Waals surface area contributed by atoms with Crippen LogP contribution >= 0.6 is 15.9 Å². The van der Waals surface area contributed by atoms with Crippen LogP contribution in [0.2, 0.25) is 0 Å². The number of hydrogen-bond acceptors (Lipinski definition) is 6. The van der Waals surface area contributed by atoms with Crippen LogP contribution in [0.25, 0.3) is 0 Å². The molecule has 0 spiro atoms. The van der Waals surface area contributed by atoms with Crippen molar-refractivity contribution in [2.75, 3.05) is 20.5 Å². The van der Waals surface area contributed by atoms with Gasteiger partial charge < -0.3 is 23.5 Å². The fraction of sp³-hybridized carbons (Fsp3) is 0.600. The van der Waals surface area contributed by atoms with Gasteiger partial charge in [-0.2, -0.15) is 0 Å². The smallest absolute Gasteiger partial charge is 0.303 e. The minimum atomic E-state index is -0.699. The molecule has 8 heteroatoms. The molecule has 2 aliphatic heterocycles. The van der Waals surface area contributed by atoms with E-state index in [4.69, 9.17) is 18.9 Å². The summed E-state index contributed by atoms with van der Waals surface area (Å²) in [6.07, 6.45) is 0.775.